The van der Waals surface area contributed by atoms with Crippen molar-refractivity contribution in [2.75, 3.05) is 13.7 Å². The molecule has 0 saturated carbocycles. The molecule has 1 saturated heterocycles. The predicted molar refractivity (Wildman–Crippen MR) is 143 cm³/mol. The van der Waals surface area contributed by atoms with Crippen LogP contribution in [0.1, 0.15) is 54.4 Å². The summed E-state index contributed by atoms with van der Waals surface area (Å²) in [6.07, 6.45) is 6.67. The second-order valence-electron chi connectivity index (χ2n) is 10.1. The number of benzene rings is 1. The van der Waals surface area contributed by atoms with E-state index in [1.807, 2.05) is 26.8 Å². The van der Waals surface area contributed by atoms with Crippen molar-refractivity contribution in [2.24, 2.45) is 23.7 Å². The molecule has 0 bridgehead atoms. The Morgan fingerprint density at radius 2 is 1.97 bits per heavy atom. The van der Waals surface area contributed by atoms with Crippen LogP contribution in [0.25, 0.3) is 0 Å². The number of cyclic esters (lactones) is 1. The van der Waals surface area contributed by atoms with Crippen LogP contribution in [0, 0.1) is 23.7 Å². The van der Waals surface area contributed by atoms with E-state index in [4.69, 9.17) is 14.2 Å². The number of aliphatic hydroxyl groups is 1. The number of methoxy groups -OCH3 is 1. The van der Waals surface area contributed by atoms with Crippen molar-refractivity contribution in [2.45, 2.75) is 77.7 Å². The Bertz CT molecular complexity index is 831. The van der Waals surface area contributed by atoms with Crippen molar-refractivity contribution in [3.63, 3.8) is 0 Å². The first kappa shape index (κ1) is 29.8. The average Bonchev–Trinajstić information content (AvgIpc) is 3.19. The van der Waals surface area contributed by atoms with Gasteiger partial charge in [-0.15, -0.1) is 0 Å². The summed E-state index contributed by atoms with van der Waals surface area (Å²) >= 11 is 0.189. The zero-order valence-corrected chi connectivity index (χ0v) is 24.1. The van der Waals surface area contributed by atoms with Gasteiger partial charge in [0.25, 0.3) is 0 Å². The van der Waals surface area contributed by atoms with Crippen LogP contribution in [0.5, 0.6) is 0 Å². The Morgan fingerprint density at radius 3 is 2.57 bits per heavy atom. The first-order chi connectivity index (χ1) is 16.6. The minimum absolute atomic E-state index is 0.0249. The van der Waals surface area contributed by atoms with E-state index in [-0.39, 0.29) is 44.8 Å². The molecule has 196 valence electrons. The number of carbonyl (C=O) groups is 1. The number of aliphatic hydroxyl groups excluding tert-OH is 1. The molecule has 0 aliphatic carbocycles. The third kappa shape index (κ3) is 9.18. The van der Waals surface area contributed by atoms with E-state index >= 15 is 0 Å². The Balaban J connectivity index is 2.43. The molecule has 1 aliphatic rings. The molecule has 2 rings (SSSR count). The Morgan fingerprint density at radius 1 is 1.29 bits per heavy atom. The van der Waals surface area contributed by atoms with Crippen molar-refractivity contribution < 1.29 is 24.1 Å². The summed E-state index contributed by atoms with van der Waals surface area (Å²) in [6.45, 7) is 12.5. The third-order valence-electron chi connectivity index (χ3n) is 6.75. The van der Waals surface area contributed by atoms with E-state index in [1.54, 1.807) is 19.3 Å². The predicted octanol–water partition coefficient (Wildman–Crippen LogP) is 4.93. The molecule has 1 aromatic carbocycles. The summed E-state index contributed by atoms with van der Waals surface area (Å²) in [5.41, 5.74) is 1.30. The molecule has 1 N–H and O–H groups in total. The van der Waals surface area contributed by atoms with Gasteiger partial charge >= 0.3 is 219 Å². The second-order valence-corrected chi connectivity index (χ2v) is 12.4. The summed E-state index contributed by atoms with van der Waals surface area (Å²) in [6, 6.07) is 10.5. The maximum atomic E-state index is 12.8. The fraction of sp³-hybridized carbons (Fsp3) is 0.621. The van der Waals surface area contributed by atoms with Gasteiger partial charge in [0, 0.05) is 0 Å². The van der Waals surface area contributed by atoms with Crippen LogP contribution in [0.3, 0.4) is 0 Å². The van der Waals surface area contributed by atoms with Gasteiger partial charge < -0.3 is 0 Å². The van der Waals surface area contributed by atoms with Crippen molar-refractivity contribution >= 4 is 25.4 Å². The van der Waals surface area contributed by atoms with E-state index in [0.717, 1.165) is 18.2 Å². The summed E-state index contributed by atoms with van der Waals surface area (Å²) in [5, 5.41) is 11.7. The number of esters is 1. The van der Waals surface area contributed by atoms with Crippen molar-refractivity contribution in [1.82, 2.24) is 0 Å². The quantitative estimate of drug-likeness (QED) is 0.154. The number of rotatable bonds is 14. The molecule has 1 fully saturated rings. The molecule has 0 unspecified atom stereocenters. The first-order valence-corrected chi connectivity index (χ1v) is 14.7. The maximum absolute atomic E-state index is 12.8. The average molecular weight is 552 g/mol. The SMILES string of the molecule is C/C=C/[C@@H](O)[C@H]1C(=O)OC[C@@H]1[C@H]([C@H](C[Se]c1ccccc1)OC(C)(C)OC)[C@@H](C)CCC=C(C)C. The second kappa shape index (κ2) is 14.3. The molecule has 1 heterocycles. The molecule has 0 aromatic heterocycles. The van der Waals surface area contributed by atoms with Crippen molar-refractivity contribution in [3.8, 4) is 0 Å². The minimum atomic E-state index is -0.872. The van der Waals surface area contributed by atoms with E-state index in [2.05, 4.69) is 51.1 Å². The van der Waals surface area contributed by atoms with Crippen LogP contribution in [0.15, 0.2) is 54.1 Å². The van der Waals surface area contributed by atoms with Crippen LogP contribution in [-0.2, 0) is 19.0 Å². The van der Waals surface area contributed by atoms with E-state index in [0.29, 0.717) is 6.61 Å². The molecule has 6 atom stereocenters. The molecule has 6 heteroatoms. The Labute approximate surface area is 218 Å². The summed E-state index contributed by atoms with van der Waals surface area (Å²) < 4.78 is 19.2. The molecule has 1 aromatic rings. The van der Waals surface area contributed by atoms with Gasteiger partial charge in [-0.05, 0) is 0 Å². The third-order valence-corrected chi connectivity index (χ3v) is 9.06. The Hall–Kier alpha value is -1.43. The van der Waals surface area contributed by atoms with Crippen LogP contribution in [0.4, 0.5) is 0 Å². The molecule has 0 radical (unpaired) electrons. The molecular formula is C29H44O5Se. The van der Waals surface area contributed by atoms with E-state index in [1.165, 1.54) is 10.0 Å². The normalized spacial score (nSPS) is 22.0. The number of hydrogen-bond donors (Lipinski definition) is 1. The van der Waals surface area contributed by atoms with Gasteiger partial charge in [0.05, 0.1) is 0 Å². The number of hydrogen-bond acceptors (Lipinski definition) is 5. The fourth-order valence-electron chi connectivity index (χ4n) is 4.84. The summed E-state index contributed by atoms with van der Waals surface area (Å²) in [4.78, 5) is 12.8. The van der Waals surface area contributed by atoms with Gasteiger partial charge in [-0.3, -0.25) is 0 Å². The van der Waals surface area contributed by atoms with E-state index < -0.39 is 17.8 Å². The molecule has 35 heavy (non-hydrogen) atoms. The molecule has 0 amide bonds. The van der Waals surface area contributed by atoms with Gasteiger partial charge in [-0.1, -0.05) is 0 Å². The van der Waals surface area contributed by atoms with Crippen LogP contribution >= 0.6 is 0 Å². The van der Waals surface area contributed by atoms with Crippen molar-refractivity contribution in [1.29, 1.82) is 0 Å². The van der Waals surface area contributed by atoms with Gasteiger partial charge in [-0.2, -0.15) is 0 Å². The number of allylic oxidation sites excluding steroid dienone is 3. The van der Waals surface area contributed by atoms with Gasteiger partial charge in [0.1, 0.15) is 0 Å². The number of ether oxygens (including phenoxy) is 3. The van der Waals surface area contributed by atoms with Crippen LogP contribution < -0.4 is 4.46 Å². The van der Waals surface area contributed by atoms with Crippen LogP contribution in [0.2, 0.25) is 5.32 Å². The van der Waals surface area contributed by atoms with Gasteiger partial charge in [-0.25, -0.2) is 0 Å². The van der Waals surface area contributed by atoms with Gasteiger partial charge in [0.15, 0.2) is 0 Å². The standard InChI is InChI=1S/C29H44O5Se/c1-8-13-24(30)27-23(18-33-28(27)31)26(21(4)15-12-14-20(2)3)25(34-29(5,6)32-7)19-35-22-16-10-9-11-17-22/h8-11,13-14,16-17,21,23-27,30H,12,15,18-19H2,1-7H3/b13-8+/t21-,23+,24+,25-,26+,27-/m0/s1. The first-order valence-electron chi connectivity index (χ1n) is 12.6. The zero-order valence-electron chi connectivity index (χ0n) is 22.4. The number of carbonyl (C=O) groups excluding carboxylic acids is 1. The zero-order chi connectivity index (χ0) is 26.0. The molecular weight excluding hydrogens is 507 g/mol. The molecule has 0 spiro atoms. The fourth-order valence-corrected chi connectivity index (χ4v) is 6.93. The van der Waals surface area contributed by atoms with Gasteiger partial charge in [0.2, 0.25) is 0 Å². The topological polar surface area (TPSA) is 65.0 Å². The Kier molecular flexibility index (Phi) is 12.2. The molecule has 5 nitrogen and oxygen atoms in total. The molecule has 1 aliphatic heterocycles. The summed E-state index contributed by atoms with van der Waals surface area (Å²) in [5.74, 6) is -1.54. The van der Waals surface area contributed by atoms with Crippen LogP contribution in [-0.4, -0.2) is 57.7 Å². The summed E-state index contributed by atoms with van der Waals surface area (Å²) in [7, 11) is 1.66. The monoisotopic (exact) mass is 552 g/mol. The van der Waals surface area contributed by atoms with Crippen molar-refractivity contribution in [3.05, 3.63) is 54.1 Å². The van der Waals surface area contributed by atoms with E-state index in [9.17, 15) is 9.90 Å².